The summed E-state index contributed by atoms with van der Waals surface area (Å²) in [6.07, 6.45) is -0.927. The van der Waals surface area contributed by atoms with Gasteiger partial charge in [0.05, 0.1) is 0 Å². The number of esters is 1. The highest BCUT2D eigenvalue weighted by Crippen LogP contribution is 2.31. The number of hydrogen-bond acceptors (Lipinski definition) is 5. The standard InChI is InChI=1S/C17H13Cl2NO5/c18-10-5-11(19)7-12(6-10)20-16(21)9-24-17(22)15-8-23-13-3-1-2-4-14(13)25-15/h1-7,15H,8-9H2,(H,20,21)/t15-/m0/s1. The average molecular weight is 382 g/mol. The van der Waals surface area contributed by atoms with Gasteiger partial charge in [-0.25, -0.2) is 4.79 Å². The lowest BCUT2D eigenvalue weighted by Crippen LogP contribution is -2.39. The predicted molar refractivity (Wildman–Crippen MR) is 92.4 cm³/mol. The highest BCUT2D eigenvalue weighted by atomic mass is 35.5. The van der Waals surface area contributed by atoms with E-state index in [1.807, 2.05) is 0 Å². The van der Waals surface area contributed by atoms with Gasteiger partial charge in [0.25, 0.3) is 5.91 Å². The molecule has 1 aliphatic rings. The molecule has 1 heterocycles. The maximum atomic E-state index is 12.0. The van der Waals surface area contributed by atoms with Crippen LogP contribution in [0.15, 0.2) is 42.5 Å². The zero-order valence-electron chi connectivity index (χ0n) is 12.8. The minimum atomic E-state index is -0.927. The number of carbonyl (C=O) groups is 2. The molecule has 0 spiro atoms. The Kier molecular flexibility index (Phi) is 5.31. The van der Waals surface area contributed by atoms with Crippen molar-refractivity contribution in [2.45, 2.75) is 6.10 Å². The van der Waals surface area contributed by atoms with Crippen LogP contribution in [0.25, 0.3) is 0 Å². The summed E-state index contributed by atoms with van der Waals surface area (Å²) in [5.74, 6) is -0.201. The van der Waals surface area contributed by atoms with Crippen LogP contribution in [0.4, 0.5) is 5.69 Å². The van der Waals surface area contributed by atoms with E-state index in [2.05, 4.69) is 5.32 Å². The topological polar surface area (TPSA) is 73.9 Å². The van der Waals surface area contributed by atoms with Gasteiger partial charge in [-0.05, 0) is 30.3 Å². The second-order valence-electron chi connectivity index (χ2n) is 5.18. The highest BCUT2D eigenvalue weighted by molar-refractivity contribution is 6.35. The lowest BCUT2D eigenvalue weighted by atomic mass is 10.2. The molecule has 0 unspecified atom stereocenters. The molecule has 0 saturated heterocycles. The first-order chi connectivity index (χ1) is 12.0. The van der Waals surface area contributed by atoms with Gasteiger partial charge in [-0.3, -0.25) is 4.79 Å². The van der Waals surface area contributed by atoms with Crippen LogP contribution >= 0.6 is 23.2 Å². The van der Waals surface area contributed by atoms with E-state index >= 15 is 0 Å². The first-order valence-electron chi connectivity index (χ1n) is 7.32. The molecule has 0 aromatic heterocycles. The summed E-state index contributed by atoms with van der Waals surface area (Å²) < 4.78 is 15.9. The van der Waals surface area contributed by atoms with Crippen molar-refractivity contribution in [3.05, 3.63) is 52.5 Å². The van der Waals surface area contributed by atoms with E-state index < -0.39 is 24.6 Å². The number of ether oxygens (including phenoxy) is 3. The molecule has 0 saturated carbocycles. The Bertz CT molecular complexity index is 791. The number of anilines is 1. The minimum absolute atomic E-state index is 0.0152. The van der Waals surface area contributed by atoms with Crippen LogP contribution in [0.5, 0.6) is 11.5 Å². The summed E-state index contributed by atoms with van der Waals surface area (Å²) in [5.41, 5.74) is 0.407. The maximum absolute atomic E-state index is 12.0. The van der Waals surface area contributed by atoms with Gasteiger partial charge in [0, 0.05) is 15.7 Å². The first kappa shape index (κ1) is 17.4. The molecule has 130 valence electrons. The summed E-state index contributed by atoms with van der Waals surface area (Å²) >= 11 is 11.7. The zero-order chi connectivity index (χ0) is 17.8. The number of benzene rings is 2. The molecule has 0 fully saturated rings. The Morgan fingerprint density at radius 1 is 1.12 bits per heavy atom. The normalized spacial score (nSPS) is 15.4. The lowest BCUT2D eigenvalue weighted by Gasteiger charge is -2.24. The fourth-order valence-corrected chi connectivity index (χ4v) is 2.71. The number of fused-ring (bicyclic) bond motifs is 1. The molecule has 0 aliphatic carbocycles. The van der Waals surface area contributed by atoms with Crippen molar-refractivity contribution in [3.63, 3.8) is 0 Å². The Balaban J connectivity index is 1.51. The van der Waals surface area contributed by atoms with Crippen LogP contribution in [0, 0.1) is 0 Å². The largest absolute Gasteiger partial charge is 0.485 e. The fourth-order valence-electron chi connectivity index (χ4n) is 2.19. The number of hydrogen-bond donors (Lipinski definition) is 1. The van der Waals surface area contributed by atoms with E-state index in [-0.39, 0.29) is 6.61 Å². The van der Waals surface area contributed by atoms with Crippen LogP contribution in [0.3, 0.4) is 0 Å². The molecule has 6 nitrogen and oxygen atoms in total. The van der Waals surface area contributed by atoms with Crippen molar-refractivity contribution in [1.82, 2.24) is 0 Å². The molecule has 8 heteroatoms. The third kappa shape index (κ3) is 4.55. The summed E-state index contributed by atoms with van der Waals surface area (Å²) in [7, 11) is 0. The van der Waals surface area contributed by atoms with Crippen LogP contribution < -0.4 is 14.8 Å². The molecular formula is C17H13Cl2NO5. The van der Waals surface area contributed by atoms with E-state index in [9.17, 15) is 9.59 Å². The van der Waals surface area contributed by atoms with Gasteiger partial charge in [0.2, 0.25) is 6.10 Å². The third-order valence-electron chi connectivity index (χ3n) is 3.26. The van der Waals surface area contributed by atoms with Crippen LogP contribution in [-0.4, -0.2) is 31.2 Å². The van der Waals surface area contributed by atoms with Gasteiger partial charge in [-0.2, -0.15) is 0 Å². The van der Waals surface area contributed by atoms with Gasteiger partial charge < -0.3 is 19.5 Å². The summed E-state index contributed by atoms with van der Waals surface area (Å²) in [5, 5.41) is 3.30. The average Bonchev–Trinajstić information content (AvgIpc) is 2.58. The second-order valence-corrected chi connectivity index (χ2v) is 6.05. The molecule has 1 atom stereocenters. The van der Waals surface area contributed by atoms with Crippen molar-refractivity contribution >= 4 is 40.8 Å². The summed E-state index contributed by atoms with van der Waals surface area (Å²) in [6.45, 7) is -0.453. The van der Waals surface area contributed by atoms with Gasteiger partial charge in [-0.15, -0.1) is 0 Å². The number of rotatable bonds is 4. The highest BCUT2D eigenvalue weighted by Gasteiger charge is 2.29. The molecule has 1 N–H and O–H groups in total. The Morgan fingerprint density at radius 2 is 1.80 bits per heavy atom. The fraction of sp³-hybridized carbons (Fsp3) is 0.176. The lowest BCUT2D eigenvalue weighted by molar-refractivity contribution is -0.156. The van der Waals surface area contributed by atoms with Gasteiger partial charge in [0.15, 0.2) is 18.1 Å². The van der Waals surface area contributed by atoms with E-state index in [1.54, 1.807) is 24.3 Å². The van der Waals surface area contributed by atoms with Crippen LogP contribution in [0.2, 0.25) is 10.0 Å². The quantitative estimate of drug-likeness (QED) is 0.822. The Hall–Kier alpha value is -2.44. The first-order valence-corrected chi connectivity index (χ1v) is 8.08. The molecule has 0 bridgehead atoms. The monoisotopic (exact) mass is 381 g/mol. The van der Waals surface area contributed by atoms with E-state index in [0.29, 0.717) is 27.2 Å². The SMILES string of the molecule is O=C(COC(=O)[C@@H]1COc2ccccc2O1)Nc1cc(Cl)cc(Cl)c1. The maximum Gasteiger partial charge on any atom is 0.351 e. The third-order valence-corrected chi connectivity index (χ3v) is 3.70. The van der Waals surface area contributed by atoms with E-state index in [4.69, 9.17) is 37.4 Å². The molecule has 3 rings (SSSR count). The summed E-state index contributed by atoms with van der Waals surface area (Å²) in [6, 6.07) is 11.6. The molecule has 0 radical (unpaired) electrons. The van der Waals surface area contributed by atoms with Crippen LogP contribution in [-0.2, 0) is 14.3 Å². The number of carbonyl (C=O) groups excluding carboxylic acids is 2. The minimum Gasteiger partial charge on any atom is -0.485 e. The number of amides is 1. The smallest absolute Gasteiger partial charge is 0.351 e. The zero-order valence-corrected chi connectivity index (χ0v) is 14.3. The van der Waals surface area contributed by atoms with Gasteiger partial charge in [0.1, 0.15) is 6.61 Å². The van der Waals surface area contributed by atoms with Crippen molar-refractivity contribution in [3.8, 4) is 11.5 Å². The predicted octanol–water partition coefficient (Wildman–Crippen LogP) is 3.32. The van der Waals surface area contributed by atoms with Crippen molar-refractivity contribution < 1.29 is 23.8 Å². The van der Waals surface area contributed by atoms with E-state index in [0.717, 1.165) is 0 Å². The summed E-state index contributed by atoms with van der Waals surface area (Å²) in [4.78, 5) is 23.9. The van der Waals surface area contributed by atoms with Crippen molar-refractivity contribution in [1.29, 1.82) is 0 Å². The molecule has 2 aromatic carbocycles. The molecule has 25 heavy (non-hydrogen) atoms. The molecular weight excluding hydrogens is 369 g/mol. The number of nitrogens with one attached hydrogen (secondary N) is 1. The van der Waals surface area contributed by atoms with Gasteiger partial charge in [-0.1, -0.05) is 35.3 Å². The molecule has 2 aromatic rings. The molecule has 1 aliphatic heterocycles. The van der Waals surface area contributed by atoms with Crippen molar-refractivity contribution in [2.75, 3.05) is 18.5 Å². The van der Waals surface area contributed by atoms with Crippen LogP contribution in [0.1, 0.15) is 0 Å². The Morgan fingerprint density at radius 3 is 2.52 bits per heavy atom. The van der Waals surface area contributed by atoms with Gasteiger partial charge >= 0.3 is 5.97 Å². The number of para-hydroxylation sites is 2. The number of halogens is 2. The van der Waals surface area contributed by atoms with Crippen molar-refractivity contribution in [2.24, 2.45) is 0 Å². The molecule has 1 amide bonds. The Labute approximate surface area is 153 Å². The van der Waals surface area contributed by atoms with E-state index in [1.165, 1.54) is 18.2 Å². The second kappa shape index (κ2) is 7.63.